The van der Waals surface area contributed by atoms with Gasteiger partial charge in [-0.2, -0.15) is 18.3 Å². The van der Waals surface area contributed by atoms with Gasteiger partial charge in [0.25, 0.3) is 0 Å². The molecule has 1 aromatic heterocycles. The molecule has 2 rings (SSSR count). The number of methoxy groups -OCH3 is 1. The second kappa shape index (κ2) is 3.39. The first-order valence-electron chi connectivity index (χ1n) is 4.45. The summed E-state index contributed by atoms with van der Waals surface area (Å²) in [4.78, 5) is 11.3. The van der Waals surface area contributed by atoms with Crippen LogP contribution in [0.4, 0.5) is 19.0 Å². The zero-order valence-electron chi connectivity index (χ0n) is 8.26. The molecule has 88 valence electrons. The number of carbonyl (C=O) groups is 1. The molecule has 0 bridgehead atoms. The fourth-order valence-corrected chi connectivity index (χ4v) is 1.58. The van der Waals surface area contributed by atoms with Crippen molar-refractivity contribution in [3.63, 3.8) is 0 Å². The molecule has 0 amide bonds. The highest BCUT2D eigenvalue weighted by Crippen LogP contribution is 2.36. The molecule has 16 heavy (non-hydrogen) atoms. The Morgan fingerprint density at radius 3 is 2.81 bits per heavy atom. The molecule has 0 atom stereocenters. The SMILES string of the molecule is COC(=O)c1c(C(F)(F)F)nn2c1NCC2. The number of anilines is 1. The molecule has 0 unspecified atom stereocenters. The molecule has 0 radical (unpaired) electrons. The highest BCUT2D eigenvalue weighted by Gasteiger charge is 2.42. The summed E-state index contributed by atoms with van der Waals surface area (Å²) in [5.74, 6) is -0.970. The van der Waals surface area contributed by atoms with E-state index in [0.29, 0.717) is 13.1 Å². The molecule has 0 fully saturated rings. The maximum absolute atomic E-state index is 12.6. The summed E-state index contributed by atoms with van der Waals surface area (Å²) in [6.07, 6.45) is -4.66. The molecule has 2 heterocycles. The van der Waals surface area contributed by atoms with E-state index in [9.17, 15) is 18.0 Å². The Bertz CT molecular complexity index is 438. The van der Waals surface area contributed by atoms with E-state index in [1.165, 1.54) is 0 Å². The monoisotopic (exact) mass is 235 g/mol. The standard InChI is InChI=1S/C8H8F3N3O2/c1-16-7(15)4-5(8(9,10)11)13-14-3-2-12-6(4)14/h12H,2-3H2,1H3. The lowest BCUT2D eigenvalue weighted by Crippen LogP contribution is -2.15. The van der Waals surface area contributed by atoms with Crippen molar-refractivity contribution in [2.75, 3.05) is 19.0 Å². The highest BCUT2D eigenvalue weighted by molar-refractivity contribution is 5.96. The van der Waals surface area contributed by atoms with Crippen molar-refractivity contribution in [2.45, 2.75) is 12.7 Å². The highest BCUT2D eigenvalue weighted by atomic mass is 19.4. The molecule has 1 aliphatic rings. The topological polar surface area (TPSA) is 56.1 Å². The van der Waals surface area contributed by atoms with Crippen molar-refractivity contribution >= 4 is 11.8 Å². The number of esters is 1. The van der Waals surface area contributed by atoms with Crippen molar-refractivity contribution in [1.82, 2.24) is 9.78 Å². The number of ether oxygens (including phenoxy) is 1. The first-order valence-corrected chi connectivity index (χ1v) is 4.45. The van der Waals surface area contributed by atoms with Gasteiger partial charge in [0, 0.05) is 6.54 Å². The van der Waals surface area contributed by atoms with E-state index in [4.69, 9.17) is 0 Å². The molecule has 5 nitrogen and oxygen atoms in total. The number of aromatic nitrogens is 2. The van der Waals surface area contributed by atoms with Crippen LogP contribution in [0.15, 0.2) is 0 Å². The van der Waals surface area contributed by atoms with E-state index in [0.717, 1.165) is 11.8 Å². The Balaban J connectivity index is 2.58. The van der Waals surface area contributed by atoms with Crippen LogP contribution in [-0.4, -0.2) is 29.4 Å². The van der Waals surface area contributed by atoms with Crippen LogP contribution in [0, 0.1) is 0 Å². The number of nitrogens with one attached hydrogen (secondary N) is 1. The largest absolute Gasteiger partial charge is 0.465 e. The van der Waals surface area contributed by atoms with Crippen LogP contribution in [0.1, 0.15) is 16.1 Å². The maximum atomic E-state index is 12.6. The third kappa shape index (κ3) is 1.50. The van der Waals surface area contributed by atoms with Gasteiger partial charge in [-0.3, -0.25) is 0 Å². The third-order valence-corrected chi connectivity index (χ3v) is 2.23. The molecule has 0 saturated heterocycles. The molecule has 0 aromatic carbocycles. The van der Waals surface area contributed by atoms with Gasteiger partial charge in [0.2, 0.25) is 0 Å². The lowest BCUT2D eigenvalue weighted by atomic mass is 10.2. The lowest BCUT2D eigenvalue weighted by Gasteiger charge is -2.06. The minimum atomic E-state index is -4.66. The van der Waals surface area contributed by atoms with Crippen LogP contribution < -0.4 is 5.32 Å². The van der Waals surface area contributed by atoms with Crippen LogP contribution >= 0.6 is 0 Å². The number of nitrogens with zero attached hydrogens (tertiary/aromatic N) is 2. The van der Waals surface area contributed by atoms with Crippen LogP contribution in [-0.2, 0) is 17.5 Å². The summed E-state index contributed by atoms with van der Waals surface area (Å²) in [7, 11) is 1.03. The second-order valence-electron chi connectivity index (χ2n) is 3.21. The number of hydrogen-bond donors (Lipinski definition) is 1. The number of hydrogen-bond acceptors (Lipinski definition) is 4. The zero-order chi connectivity index (χ0) is 11.9. The average molecular weight is 235 g/mol. The summed E-state index contributed by atoms with van der Waals surface area (Å²) >= 11 is 0. The van der Waals surface area contributed by atoms with E-state index < -0.39 is 23.4 Å². The van der Waals surface area contributed by atoms with Gasteiger partial charge in [-0.15, -0.1) is 0 Å². The van der Waals surface area contributed by atoms with E-state index in [1.54, 1.807) is 0 Å². The quantitative estimate of drug-likeness (QED) is 0.741. The van der Waals surface area contributed by atoms with E-state index >= 15 is 0 Å². The Morgan fingerprint density at radius 2 is 2.25 bits per heavy atom. The first kappa shape index (κ1) is 10.8. The lowest BCUT2D eigenvalue weighted by molar-refractivity contribution is -0.142. The van der Waals surface area contributed by atoms with Gasteiger partial charge in [0.1, 0.15) is 11.4 Å². The molecule has 0 spiro atoms. The normalized spacial score (nSPS) is 14.5. The summed E-state index contributed by atoms with van der Waals surface area (Å²) in [6, 6.07) is 0. The van der Waals surface area contributed by atoms with E-state index in [1.807, 2.05) is 0 Å². The van der Waals surface area contributed by atoms with Gasteiger partial charge >= 0.3 is 12.1 Å². The third-order valence-electron chi connectivity index (χ3n) is 2.23. The Kier molecular flexibility index (Phi) is 2.28. The van der Waals surface area contributed by atoms with Crippen LogP contribution in [0.25, 0.3) is 0 Å². The zero-order valence-corrected chi connectivity index (χ0v) is 8.26. The molecule has 0 aliphatic carbocycles. The summed E-state index contributed by atoms with van der Waals surface area (Å²) in [5, 5.41) is 6.04. The van der Waals surface area contributed by atoms with Crippen molar-refractivity contribution in [1.29, 1.82) is 0 Å². The number of carbonyl (C=O) groups excluding carboxylic acids is 1. The van der Waals surface area contributed by atoms with E-state index in [-0.39, 0.29) is 5.82 Å². The summed E-state index contributed by atoms with van der Waals surface area (Å²) < 4.78 is 43.2. The van der Waals surface area contributed by atoms with E-state index in [2.05, 4.69) is 15.2 Å². The van der Waals surface area contributed by atoms with Crippen LogP contribution in [0.2, 0.25) is 0 Å². The van der Waals surface area contributed by atoms with Gasteiger partial charge < -0.3 is 10.1 Å². The van der Waals surface area contributed by atoms with Crippen molar-refractivity contribution < 1.29 is 22.7 Å². The van der Waals surface area contributed by atoms with Gasteiger partial charge in [-0.25, -0.2) is 9.48 Å². The van der Waals surface area contributed by atoms with Gasteiger partial charge in [-0.1, -0.05) is 0 Å². The Morgan fingerprint density at radius 1 is 1.56 bits per heavy atom. The van der Waals surface area contributed by atoms with Gasteiger partial charge in [0.15, 0.2) is 5.69 Å². The molecular formula is C8H8F3N3O2. The molecule has 1 aromatic rings. The van der Waals surface area contributed by atoms with Crippen LogP contribution in [0.3, 0.4) is 0 Å². The predicted molar refractivity (Wildman–Crippen MR) is 47.1 cm³/mol. The second-order valence-corrected chi connectivity index (χ2v) is 3.21. The Hall–Kier alpha value is -1.73. The first-order chi connectivity index (χ1) is 7.45. The summed E-state index contributed by atoms with van der Waals surface area (Å²) in [5.41, 5.74) is -1.76. The molecular weight excluding hydrogens is 227 g/mol. The average Bonchev–Trinajstić information content (AvgIpc) is 2.73. The van der Waals surface area contributed by atoms with Crippen molar-refractivity contribution in [3.8, 4) is 0 Å². The van der Waals surface area contributed by atoms with Crippen molar-refractivity contribution in [2.24, 2.45) is 0 Å². The maximum Gasteiger partial charge on any atom is 0.436 e. The van der Waals surface area contributed by atoms with Crippen LogP contribution in [0.5, 0.6) is 0 Å². The number of halogens is 3. The smallest absolute Gasteiger partial charge is 0.436 e. The van der Waals surface area contributed by atoms with Gasteiger partial charge in [0.05, 0.1) is 13.7 Å². The molecule has 8 heteroatoms. The molecule has 0 saturated carbocycles. The van der Waals surface area contributed by atoms with Crippen molar-refractivity contribution in [3.05, 3.63) is 11.3 Å². The number of alkyl halides is 3. The molecule has 1 aliphatic heterocycles. The Labute approximate surface area is 88.2 Å². The van der Waals surface area contributed by atoms with Gasteiger partial charge in [-0.05, 0) is 0 Å². The minimum Gasteiger partial charge on any atom is -0.465 e. The molecule has 1 N–H and O–H groups in total. The summed E-state index contributed by atoms with van der Waals surface area (Å²) in [6.45, 7) is 0.750. The fourth-order valence-electron chi connectivity index (χ4n) is 1.58. The predicted octanol–water partition coefficient (Wildman–Crippen LogP) is 1.11. The number of rotatable bonds is 1. The fraction of sp³-hybridized carbons (Fsp3) is 0.500. The number of fused-ring (bicyclic) bond motifs is 1. The minimum absolute atomic E-state index is 0.0687.